The van der Waals surface area contributed by atoms with E-state index in [1.807, 2.05) is 4.90 Å². The third-order valence-electron chi connectivity index (χ3n) is 8.50. The number of esters is 2. The Labute approximate surface area is 272 Å². The van der Waals surface area contributed by atoms with E-state index in [-0.39, 0.29) is 31.4 Å². The predicted octanol–water partition coefficient (Wildman–Crippen LogP) is 5.95. The molecule has 3 amide bonds. The van der Waals surface area contributed by atoms with Crippen LogP contribution in [0.25, 0.3) is 0 Å². The number of rotatable bonds is 24. The Morgan fingerprint density at radius 3 is 1.49 bits per heavy atom. The summed E-state index contributed by atoms with van der Waals surface area (Å²) in [4.78, 5) is 64.6. The van der Waals surface area contributed by atoms with Crippen molar-refractivity contribution in [2.45, 2.75) is 150 Å². The van der Waals surface area contributed by atoms with Crippen LogP contribution in [0, 0.1) is 5.41 Å². The zero-order valence-corrected chi connectivity index (χ0v) is 29.1. The first-order chi connectivity index (χ1) is 21.5. The highest BCUT2D eigenvalue weighted by Gasteiger charge is 2.39. The number of ether oxygens (including phenoxy) is 2. The van der Waals surface area contributed by atoms with E-state index in [1.165, 1.54) is 97.3 Å². The minimum Gasteiger partial charge on any atom is -0.465 e. The molecule has 260 valence electrons. The van der Waals surface area contributed by atoms with Gasteiger partial charge in [-0.3, -0.25) is 24.0 Å². The molecule has 0 aromatic carbocycles. The lowest BCUT2D eigenvalue weighted by Gasteiger charge is -2.35. The molecule has 0 bridgehead atoms. The lowest BCUT2D eigenvalue weighted by molar-refractivity contribution is -0.166. The van der Waals surface area contributed by atoms with Gasteiger partial charge in [0, 0.05) is 64.8 Å². The van der Waals surface area contributed by atoms with Crippen LogP contribution in [0.5, 0.6) is 0 Å². The number of amides is 3. The van der Waals surface area contributed by atoms with Crippen LogP contribution < -0.4 is 5.32 Å². The van der Waals surface area contributed by atoms with Crippen molar-refractivity contribution in [1.29, 1.82) is 0 Å². The Balaban J connectivity index is 2.17. The quantitative estimate of drug-likeness (QED) is 0.103. The van der Waals surface area contributed by atoms with Crippen LogP contribution in [-0.4, -0.2) is 84.9 Å². The average molecular weight is 638 g/mol. The van der Waals surface area contributed by atoms with Gasteiger partial charge in [-0.2, -0.15) is 0 Å². The van der Waals surface area contributed by atoms with Gasteiger partial charge in [0.05, 0.1) is 0 Å². The highest BCUT2D eigenvalue weighted by Crippen LogP contribution is 2.25. The summed E-state index contributed by atoms with van der Waals surface area (Å²) < 4.78 is 10.3. The van der Waals surface area contributed by atoms with E-state index in [9.17, 15) is 24.0 Å². The Kier molecular flexibility index (Phi) is 21.2. The summed E-state index contributed by atoms with van der Waals surface area (Å²) >= 11 is 0. The molecule has 0 saturated carbocycles. The van der Waals surface area contributed by atoms with Crippen molar-refractivity contribution >= 4 is 29.7 Å². The summed E-state index contributed by atoms with van der Waals surface area (Å²) in [6.45, 7) is 10.0. The van der Waals surface area contributed by atoms with E-state index >= 15 is 0 Å². The summed E-state index contributed by atoms with van der Waals surface area (Å²) in [6.07, 6.45) is 19.0. The van der Waals surface area contributed by atoms with Crippen LogP contribution in [-0.2, 0) is 33.4 Å². The van der Waals surface area contributed by atoms with E-state index in [4.69, 9.17) is 9.47 Å². The fourth-order valence-corrected chi connectivity index (χ4v) is 5.65. The van der Waals surface area contributed by atoms with E-state index in [0.717, 1.165) is 12.8 Å². The molecule has 0 aromatic heterocycles. The molecule has 1 fully saturated rings. The normalized spacial score (nSPS) is 14.2. The molecule has 1 rings (SSSR count). The Bertz CT molecular complexity index is 884. The van der Waals surface area contributed by atoms with Gasteiger partial charge < -0.3 is 24.6 Å². The summed E-state index contributed by atoms with van der Waals surface area (Å²) in [7, 11) is 0. The smallest absolute Gasteiger partial charge is 0.303 e. The molecule has 1 aliphatic rings. The second kappa shape index (κ2) is 23.7. The monoisotopic (exact) mass is 637 g/mol. The first-order valence-corrected chi connectivity index (χ1v) is 17.6. The zero-order valence-electron chi connectivity index (χ0n) is 29.1. The largest absolute Gasteiger partial charge is 0.465 e. The number of unbranched alkanes of at least 4 members (excludes halogenated alkanes) is 14. The van der Waals surface area contributed by atoms with Crippen LogP contribution in [0.2, 0.25) is 0 Å². The third kappa shape index (κ3) is 18.8. The minimum atomic E-state index is -1.18. The maximum absolute atomic E-state index is 12.8. The Morgan fingerprint density at radius 1 is 0.644 bits per heavy atom. The molecule has 45 heavy (non-hydrogen) atoms. The molecular weight excluding hydrogens is 574 g/mol. The Morgan fingerprint density at radius 2 is 1.07 bits per heavy atom. The van der Waals surface area contributed by atoms with E-state index in [0.29, 0.717) is 32.6 Å². The fourth-order valence-electron chi connectivity index (χ4n) is 5.65. The molecule has 1 atom stereocenters. The molecule has 10 heteroatoms. The maximum Gasteiger partial charge on any atom is 0.303 e. The van der Waals surface area contributed by atoms with Gasteiger partial charge in [-0.25, -0.2) is 0 Å². The number of hydrogen-bond donors (Lipinski definition) is 1. The van der Waals surface area contributed by atoms with Crippen LogP contribution in [0.15, 0.2) is 0 Å². The second-order valence-corrected chi connectivity index (χ2v) is 13.3. The molecule has 1 N–H and O–H groups in total. The summed E-state index contributed by atoms with van der Waals surface area (Å²) in [5, 5.41) is 2.67. The molecule has 0 spiro atoms. The molecule has 10 nitrogen and oxygen atoms in total. The van der Waals surface area contributed by atoms with E-state index in [1.54, 1.807) is 18.7 Å². The highest BCUT2D eigenvalue weighted by molar-refractivity contribution is 5.85. The van der Waals surface area contributed by atoms with Crippen LogP contribution in [0.4, 0.5) is 0 Å². The molecule has 1 saturated heterocycles. The van der Waals surface area contributed by atoms with Gasteiger partial charge in [0.25, 0.3) is 5.91 Å². The SMILES string of the molecule is CCCCCCCCCCCCCCCCCC(=O)N1CCN(C(=O)CCNC(=O)C(OC(C)=O)C(C)(C)COC(C)=O)CC1. The van der Waals surface area contributed by atoms with Crippen molar-refractivity contribution in [2.75, 3.05) is 39.3 Å². The molecule has 1 aliphatic heterocycles. The molecule has 0 radical (unpaired) electrons. The molecule has 1 heterocycles. The van der Waals surface area contributed by atoms with Crippen molar-refractivity contribution in [3.63, 3.8) is 0 Å². The van der Waals surface area contributed by atoms with Gasteiger partial charge >= 0.3 is 11.9 Å². The molecular formula is C35H63N3O7. The zero-order chi connectivity index (χ0) is 33.5. The topological polar surface area (TPSA) is 122 Å². The van der Waals surface area contributed by atoms with Gasteiger partial charge in [-0.1, -0.05) is 111 Å². The van der Waals surface area contributed by atoms with Crippen molar-refractivity contribution in [1.82, 2.24) is 15.1 Å². The van der Waals surface area contributed by atoms with Gasteiger partial charge in [0.2, 0.25) is 11.8 Å². The standard InChI is InChI=1S/C35H63N3O7/c1-6-7-8-9-10-11-12-13-14-15-16-17-18-19-20-21-31(41)37-24-26-38(27-25-37)32(42)22-23-36-34(43)33(45-30(3)40)35(4,5)28-44-29(2)39/h33H,6-28H2,1-5H3,(H,36,43). The number of nitrogens with zero attached hydrogens (tertiary/aromatic N) is 2. The lowest BCUT2D eigenvalue weighted by Crippen LogP contribution is -2.51. The summed E-state index contributed by atoms with van der Waals surface area (Å²) in [5.74, 6) is -1.62. The van der Waals surface area contributed by atoms with Crippen LogP contribution in [0.1, 0.15) is 144 Å². The maximum atomic E-state index is 12.8. The van der Waals surface area contributed by atoms with Gasteiger partial charge in [0.1, 0.15) is 6.61 Å². The second-order valence-electron chi connectivity index (χ2n) is 13.3. The van der Waals surface area contributed by atoms with E-state index in [2.05, 4.69) is 12.2 Å². The van der Waals surface area contributed by atoms with Gasteiger partial charge in [-0.05, 0) is 6.42 Å². The van der Waals surface area contributed by atoms with Crippen molar-refractivity contribution in [3.05, 3.63) is 0 Å². The molecule has 1 unspecified atom stereocenters. The van der Waals surface area contributed by atoms with Crippen molar-refractivity contribution < 1.29 is 33.4 Å². The van der Waals surface area contributed by atoms with Crippen molar-refractivity contribution in [3.8, 4) is 0 Å². The number of hydrogen-bond acceptors (Lipinski definition) is 7. The van der Waals surface area contributed by atoms with Crippen LogP contribution in [0.3, 0.4) is 0 Å². The fraction of sp³-hybridized carbons (Fsp3) is 0.857. The predicted molar refractivity (Wildman–Crippen MR) is 176 cm³/mol. The summed E-state index contributed by atoms with van der Waals surface area (Å²) in [5.41, 5.74) is -0.958. The average Bonchev–Trinajstić information content (AvgIpc) is 3.00. The van der Waals surface area contributed by atoms with Crippen molar-refractivity contribution in [2.24, 2.45) is 5.41 Å². The third-order valence-corrected chi connectivity index (χ3v) is 8.50. The lowest BCUT2D eigenvalue weighted by atomic mass is 9.86. The number of carbonyl (C=O) groups excluding carboxylic acids is 5. The first kappa shape index (κ1) is 40.4. The number of carbonyl (C=O) groups is 5. The van der Waals surface area contributed by atoms with Gasteiger partial charge in [0.15, 0.2) is 6.10 Å². The molecule has 0 aliphatic carbocycles. The number of nitrogens with one attached hydrogen (secondary N) is 1. The Hall–Kier alpha value is -2.65. The van der Waals surface area contributed by atoms with E-state index < -0.39 is 29.4 Å². The van der Waals surface area contributed by atoms with Crippen LogP contribution >= 0.6 is 0 Å². The number of piperazine rings is 1. The highest BCUT2D eigenvalue weighted by atomic mass is 16.6. The summed E-state index contributed by atoms with van der Waals surface area (Å²) in [6, 6.07) is 0. The first-order valence-electron chi connectivity index (χ1n) is 17.6. The van der Waals surface area contributed by atoms with Gasteiger partial charge in [-0.15, -0.1) is 0 Å². The molecule has 0 aromatic rings. The minimum absolute atomic E-state index is 0.0808.